The van der Waals surface area contributed by atoms with Crippen LogP contribution in [0.5, 0.6) is 0 Å². The number of benzene rings is 1. The predicted molar refractivity (Wildman–Crippen MR) is 99.8 cm³/mol. The maximum absolute atomic E-state index is 12.7. The van der Waals surface area contributed by atoms with E-state index in [0.29, 0.717) is 18.0 Å². The summed E-state index contributed by atoms with van der Waals surface area (Å²) in [6.45, 7) is 5.85. The third-order valence-corrected chi connectivity index (χ3v) is 5.26. The van der Waals surface area contributed by atoms with Gasteiger partial charge < -0.3 is 14.7 Å². The van der Waals surface area contributed by atoms with Crippen molar-refractivity contribution in [3.8, 4) is 0 Å². The summed E-state index contributed by atoms with van der Waals surface area (Å²) in [5.74, 6) is 0.554. The number of anilines is 1. The van der Waals surface area contributed by atoms with Crippen LogP contribution in [0, 0.1) is 18.8 Å². The Hall–Kier alpha value is -2.67. The van der Waals surface area contributed by atoms with Gasteiger partial charge in [-0.15, -0.1) is 0 Å². The normalized spacial score (nSPS) is 22.5. The summed E-state index contributed by atoms with van der Waals surface area (Å²) in [5, 5.41) is 6.48. The van der Waals surface area contributed by atoms with Gasteiger partial charge in [-0.1, -0.05) is 35.5 Å². The fourth-order valence-corrected chi connectivity index (χ4v) is 3.60. The number of nitrogens with one attached hydrogen (secondary N) is 1. The first-order chi connectivity index (χ1) is 13.1. The van der Waals surface area contributed by atoms with E-state index in [9.17, 15) is 9.59 Å². The van der Waals surface area contributed by atoms with Gasteiger partial charge in [0.05, 0.1) is 11.8 Å². The van der Waals surface area contributed by atoms with Gasteiger partial charge in [0.2, 0.25) is 11.8 Å². The standard InChI is InChI=1S/C20H24N4O3/c1-14-11-18(22-27-14)21-19(25)16-12-17(16)20(26)24-9-7-23(8-10-24)13-15-5-3-2-4-6-15/h2-6,11,16-17H,7-10,12-13H2,1H3,(H,21,22,25). The molecule has 27 heavy (non-hydrogen) atoms. The summed E-state index contributed by atoms with van der Waals surface area (Å²) in [6.07, 6.45) is 0.617. The maximum atomic E-state index is 12.7. The fourth-order valence-electron chi connectivity index (χ4n) is 3.60. The molecule has 1 aromatic heterocycles. The number of piperazine rings is 1. The van der Waals surface area contributed by atoms with Crippen molar-refractivity contribution < 1.29 is 14.1 Å². The van der Waals surface area contributed by atoms with Crippen molar-refractivity contribution in [2.24, 2.45) is 11.8 Å². The van der Waals surface area contributed by atoms with E-state index in [-0.39, 0.29) is 23.7 Å². The van der Waals surface area contributed by atoms with Crippen molar-refractivity contribution in [2.45, 2.75) is 19.9 Å². The van der Waals surface area contributed by atoms with Crippen molar-refractivity contribution in [1.82, 2.24) is 15.0 Å². The Morgan fingerprint density at radius 3 is 2.56 bits per heavy atom. The van der Waals surface area contributed by atoms with Crippen LogP contribution in [0.1, 0.15) is 17.7 Å². The van der Waals surface area contributed by atoms with Gasteiger partial charge >= 0.3 is 0 Å². The van der Waals surface area contributed by atoms with Gasteiger partial charge in [0.25, 0.3) is 0 Å². The number of hydrogen-bond donors (Lipinski definition) is 1. The SMILES string of the molecule is Cc1cc(NC(=O)C2CC2C(=O)N2CCN(Cc3ccccc3)CC2)no1. The molecule has 0 spiro atoms. The lowest BCUT2D eigenvalue weighted by atomic mass is 10.2. The molecule has 2 atom stereocenters. The molecule has 7 heteroatoms. The molecular weight excluding hydrogens is 344 g/mol. The van der Waals surface area contributed by atoms with E-state index in [1.54, 1.807) is 13.0 Å². The van der Waals surface area contributed by atoms with Gasteiger partial charge in [-0.3, -0.25) is 14.5 Å². The van der Waals surface area contributed by atoms with E-state index in [0.717, 1.165) is 32.7 Å². The number of aromatic nitrogens is 1. The largest absolute Gasteiger partial charge is 0.360 e. The first-order valence-electron chi connectivity index (χ1n) is 9.39. The molecule has 1 aliphatic carbocycles. The van der Waals surface area contributed by atoms with Crippen molar-refractivity contribution in [2.75, 3.05) is 31.5 Å². The molecule has 2 aliphatic rings. The van der Waals surface area contributed by atoms with Crippen molar-refractivity contribution >= 4 is 17.6 Å². The molecule has 2 unspecified atom stereocenters. The highest BCUT2D eigenvalue weighted by Crippen LogP contribution is 2.41. The second-order valence-electron chi connectivity index (χ2n) is 7.35. The molecule has 142 valence electrons. The minimum atomic E-state index is -0.253. The number of nitrogens with zero attached hydrogens (tertiary/aromatic N) is 3. The molecular formula is C20H24N4O3. The number of carbonyl (C=O) groups is 2. The highest BCUT2D eigenvalue weighted by atomic mass is 16.5. The van der Waals surface area contributed by atoms with Crippen LogP contribution < -0.4 is 5.32 Å². The zero-order chi connectivity index (χ0) is 18.8. The van der Waals surface area contributed by atoms with Crippen LogP contribution >= 0.6 is 0 Å². The predicted octanol–water partition coefficient (Wildman–Crippen LogP) is 1.90. The summed E-state index contributed by atoms with van der Waals surface area (Å²) in [7, 11) is 0. The summed E-state index contributed by atoms with van der Waals surface area (Å²) in [4.78, 5) is 29.2. The molecule has 1 aliphatic heterocycles. The minimum Gasteiger partial charge on any atom is -0.360 e. The Labute approximate surface area is 158 Å². The molecule has 1 aromatic carbocycles. The van der Waals surface area contributed by atoms with E-state index < -0.39 is 0 Å². The van der Waals surface area contributed by atoms with Crippen molar-refractivity contribution in [1.29, 1.82) is 0 Å². The van der Waals surface area contributed by atoms with Crippen molar-refractivity contribution in [3.63, 3.8) is 0 Å². The van der Waals surface area contributed by atoms with Gasteiger partial charge in [0, 0.05) is 38.8 Å². The lowest BCUT2D eigenvalue weighted by molar-refractivity contribution is -0.135. The highest BCUT2D eigenvalue weighted by Gasteiger charge is 2.49. The molecule has 0 radical (unpaired) electrons. The molecule has 7 nitrogen and oxygen atoms in total. The summed E-state index contributed by atoms with van der Waals surface area (Å²) < 4.78 is 4.94. The summed E-state index contributed by atoms with van der Waals surface area (Å²) in [6, 6.07) is 12.0. The zero-order valence-electron chi connectivity index (χ0n) is 15.4. The Balaban J connectivity index is 1.23. The van der Waals surface area contributed by atoms with Gasteiger partial charge in [-0.05, 0) is 18.9 Å². The fraction of sp³-hybridized carbons (Fsp3) is 0.450. The van der Waals surface area contributed by atoms with Crippen molar-refractivity contribution in [3.05, 3.63) is 47.7 Å². The monoisotopic (exact) mass is 368 g/mol. The van der Waals surface area contributed by atoms with Crippen LogP contribution in [0.3, 0.4) is 0 Å². The Bertz CT molecular complexity index is 812. The maximum Gasteiger partial charge on any atom is 0.229 e. The van der Waals surface area contributed by atoms with Crippen LogP contribution in [-0.2, 0) is 16.1 Å². The molecule has 1 N–H and O–H groups in total. The smallest absolute Gasteiger partial charge is 0.229 e. The van der Waals surface area contributed by atoms with Crippen LogP contribution in [0.2, 0.25) is 0 Å². The number of carbonyl (C=O) groups excluding carboxylic acids is 2. The molecule has 2 aromatic rings. The van der Waals surface area contributed by atoms with E-state index >= 15 is 0 Å². The molecule has 1 saturated carbocycles. The number of hydrogen-bond acceptors (Lipinski definition) is 5. The first-order valence-corrected chi connectivity index (χ1v) is 9.39. The van der Waals surface area contributed by atoms with Gasteiger partial charge in [-0.2, -0.15) is 0 Å². The average molecular weight is 368 g/mol. The second-order valence-corrected chi connectivity index (χ2v) is 7.35. The number of amides is 2. The molecule has 2 heterocycles. The number of rotatable bonds is 5. The van der Waals surface area contributed by atoms with E-state index in [1.807, 2.05) is 23.1 Å². The van der Waals surface area contributed by atoms with E-state index in [1.165, 1.54) is 5.56 Å². The van der Waals surface area contributed by atoms with Crippen LogP contribution in [0.25, 0.3) is 0 Å². The minimum absolute atomic E-state index is 0.103. The lowest BCUT2D eigenvalue weighted by Crippen LogP contribution is -2.49. The third kappa shape index (κ3) is 4.19. The van der Waals surface area contributed by atoms with Gasteiger partial charge in [0.1, 0.15) is 5.76 Å². The third-order valence-electron chi connectivity index (χ3n) is 5.26. The molecule has 1 saturated heterocycles. The van der Waals surface area contributed by atoms with Gasteiger partial charge in [0.15, 0.2) is 5.82 Å². The second kappa shape index (κ2) is 7.52. The first kappa shape index (κ1) is 17.7. The topological polar surface area (TPSA) is 78.7 Å². The summed E-state index contributed by atoms with van der Waals surface area (Å²) in [5.41, 5.74) is 1.29. The van der Waals surface area contributed by atoms with E-state index in [4.69, 9.17) is 4.52 Å². The average Bonchev–Trinajstić information content (AvgIpc) is 3.39. The van der Waals surface area contributed by atoms with Crippen LogP contribution in [0.4, 0.5) is 5.82 Å². The molecule has 2 amide bonds. The Kier molecular flexibility index (Phi) is 4.94. The zero-order valence-corrected chi connectivity index (χ0v) is 15.4. The lowest BCUT2D eigenvalue weighted by Gasteiger charge is -2.35. The molecule has 0 bridgehead atoms. The quantitative estimate of drug-likeness (QED) is 0.872. The Morgan fingerprint density at radius 1 is 1.15 bits per heavy atom. The van der Waals surface area contributed by atoms with Crippen LogP contribution in [0.15, 0.2) is 40.9 Å². The molecule has 2 fully saturated rings. The number of aryl methyl sites for hydroxylation is 1. The van der Waals surface area contributed by atoms with Crippen LogP contribution in [-0.4, -0.2) is 52.9 Å². The summed E-state index contributed by atoms with van der Waals surface area (Å²) >= 11 is 0. The molecule has 4 rings (SSSR count). The van der Waals surface area contributed by atoms with Gasteiger partial charge in [-0.25, -0.2) is 0 Å². The van der Waals surface area contributed by atoms with E-state index in [2.05, 4.69) is 27.5 Å². The Morgan fingerprint density at radius 2 is 1.89 bits per heavy atom. The highest BCUT2D eigenvalue weighted by molar-refractivity contribution is 5.99.